The molecule has 4 rings (SSSR count). The van der Waals surface area contributed by atoms with Crippen molar-refractivity contribution in [1.82, 2.24) is 0 Å². The molecule has 0 aliphatic carbocycles. The van der Waals surface area contributed by atoms with Crippen molar-refractivity contribution >= 4 is 28.9 Å². The molecule has 1 aliphatic heterocycles. The zero-order valence-corrected chi connectivity index (χ0v) is 16.0. The molecule has 0 spiro atoms. The van der Waals surface area contributed by atoms with E-state index in [2.05, 4.69) is 11.4 Å². The van der Waals surface area contributed by atoms with Crippen LogP contribution in [0.3, 0.4) is 0 Å². The lowest BCUT2D eigenvalue weighted by atomic mass is 10.0. The van der Waals surface area contributed by atoms with E-state index in [1.807, 2.05) is 61.5 Å². The van der Waals surface area contributed by atoms with E-state index < -0.39 is 0 Å². The first-order valence-corrected chi connectivity index (χ1v) is 9.42. The Bertz CT molecular complexity index is 1070. The number of benzene rings is 3. The summed E-state index contributed by atoms with van der Waals surface area (Å²) in [6.45, 7) is 3.53. The Hall–Kier alpha value is -3.40. The maximum Gasteiger partial charge on any atom is 0.255 e. The minimum Gasteiger partial charge on any atom is -0.322 e. The van der Waals surface area contributed by atoms with Gasteiger partial charge in [0.25, 0.3) is 5.91 Å². The highest BCUT2D eigenvalue weighted by molar-refractivity contribution is 6.06. The molecular formula is C24H22N2O2. The predicted octanol–water partition coefficient (Wildman–Crippen LogP) is 5.03. The lowest BCUT2D eigenvalue weighted by Gasteiger charge is -2.24. The second-order valence-electron chi connectivity index (χ2n) is 7.15. The van der Waals surface area contributed by atoms with Gasteiger partial charge in [0.15, 0.2) is 0 Å². The summed E-state index contributed by atoms with van der Waals surface area (Å²) in [5, 5.41) is 2.96. The van der Waals surface area contributed by atoms with E-state index in [1.165, 1.54) is 0 Å². The summed E-state index contributed by atoms with van der Waals surface area (Å²) >= 11 is 0. The van der Waals surface area contributed by atoms with Crippen molar-refractivity contribution in [3.8, 4) is 0 Å². The molecule has 3 aromatic carbocycles. The standard InChI is InChI=1S/C24H22N2O2/c1-16-6-5-8-20(14-16)24(28)25-21-13-12-19-11-10-18-7-3-4-9-22(18)26(17(2)27)23(19)15-21/h3-9,12-15H,10-11H2,1-2H3,(H,25,28). The number of hydrogen-bond donors (Lipinski definition) is 1. The number of aryl methyl sites for hydroxylation is 3. The van der Waals surface area contributed by atoms with Crippen LogP contribution in [0.1, 0.15) is 34.0 Å². The molecule has 1 N–H and O–H groups in total. The Morgan fingerprint density at radius 3 is 2.36 bits per heavy atom. The van der Waals surface area contributed by atoms with Crippen LogP contribution in [-0.4, -0.2) is 11.8 Å². The molecular weight excluding hydrogens is 348 g/mol. The Balaban J connectivity index is 1.71. The van der Waals surface area contributed by atoms with Crippen LogP contribution < -0.4 is 10.2 Å². The van der Waals surface area contributed by atoms with Crippen LogP contribution >= 0.6 is 0 Å². The fraction of sp³-hybridized carbons (Fsp3) is 0.167. The summed E-state index contributed by atoms with van der Waals surface area (Å²) in [5.41, 5.74) is 6.32. The molecule has 140 valence electrons. The van der Waals surface area contributed by atoms with Crippen LogP contribution in [0.15, 0.2) is 66.7 Å². The summed E-state index contributed by atoms with van der Waals surface area (Å²) in [4.78, 5) is 26.9. The van der Waals surface area contributed by atoms with Gasteiger partial charge in [-0.2, -0.15) is 0 Å². The monoisotopic (exact) mass is 370 g/mol. The van der Waals surface area contributed by atoms with Crippen molar-refractivity contribution in [3.05, 3.63) is 89.0 Å². The number of fused-ring (bicyclic) bond motifs is 2. The van der Waals surface area contributed by atoms with Crippen LogP contribution in [0.25, 0.3) is 0 Å². The number of carbonyl (C=O) groups is 2. The van der Waals surface area contributed by atoms with E-state index in [-0.39, 0.29) is 11.8 Å². The molecule has 0 saturated carbocycles. The molecule has 1 heterocycles. The Labute approximate surface area is 164 Å². The van der Waals surface area contributed by atoms with Gasteiger partial charge in [-0.05, 0) is 61.2 Å². The van der Waals surface area contributed by atoms with E-state index in [0.29, 0.717) is 11.3 Å². The molecule has 0 fully saturated rings. The molecule has 2 amide bonds. The molecule has 4 nitrogen and oxygen atoms in total. The van der Waals surface area contributed by atoms with E-state index in [0.717, 1.165) is 40.9 Å². The van der Waals surface area contributed by atoms with Gasteiger partial charge in [0.2, 0.25) is 5.91 Å². The van der Waals surface area contributed by atoms with E-state index >= 15 is 0 Å². The van der Waals surface area contributed by atoms with Crippen molar-refractivity contribution < 1.29 is 9.59 Å². The summed E-state index contributed by atoms with van der Waals surface area (Å²) in [6.07, 6.45) is 1.73. The highest BCUT2D eigenvalue weighted by Crippen LogP contribution is 2.37. The Kier molecular flexibility index (Phi) is 4.70. The maximum absolute atomic E-state index is 12.6. The summed E-state index contributed by atoms with van der Waals surface area (Å²) in [5.74, 6) is -0.204. The van der Waals surface area contributed by atoms with Gasteiger partial charge in [0.1, 0.15) is 0 Å². The molecule has 4 heteroatoms. The van der Waals surface area contributed by atoms with Gasteiger partial charge < -0.3 is 5.32 Å². The van der Waals surface area contributed by atoms with Gasteiger partial charge in [-0.15, -0.1) is 0 Å². The molecule has 0 atom stereocenters. The molecule has 0 saturated heterocycles. The number of rotatable bonds is 2. The minimum atomic E-state index is -0.160. The molecule has 0 aromatic heterocycles. The molecule has 0 bridgehead atoms. The number of hydrogen-bond acceptors (Lipinski definition) is 2. The van der Waals surface area contributed by atoms with Crippen LogP contribution in [-0.2, 0) is 17.6 Å². The molecule has 0 unspecified atom stereocenters. The van der Waals surface area contributed by atoms with Gasteiger partial charge in [0, 0.05) is 18.2 Å². The third-order valence-electron chi connectivity index (χ3n) is 5.08. The van der Waals surface area contributed by atoms with Crippen LogP contribution in [0.2, 0.25) is 0 Å². The van der Waals surface area contributed by atoms with Crippen molar-refractivity contribution in [2.24, 2.45) is 0 Å². The first-order valence-electron chi connectivity index (χ1n) is 9.42. The first kappa shape index (κ1) is 18.0. The number of anilines is 3. The van der Waals surface area contributed by atoms with Crippen LogP contribution in [0.5, 0.6) is 0 Å². The average molecular weight is 370 g/mol. The quantitative estimate of drug-likeness (QED) is 0.688. The topological polar surface area (TPSA) is 49.4 Å². The lowest BCUT2D eigenvalue weighted by Crippen LogP contribution is -2.24. The first-order chi connectivity index (χ1) is 13.5. The Morgan fingerprint density at radius 1 is 0.857 bits per heavy atom. The Morgan fingerprint density at radius 2 is 1.61 bits per heavy atom. The highest BCUT2D eigenvalue weighted by Gasteiger charge is 2.24. The van der Waals surface area contributed by atoms with Crippen molar-refractivity contribution in [3.63, 3.8) is 0 Å². The zero-order valence-electron chi connectivity index (χ0n) is 16.0. The minimum absolute atomic E-state index is 0.0437. The third-order valence-corrected chi connectivity index (χ3v) is 5.08. The highest BCUT2D eigenvalue weighted by atomic mass is 16.2. The van der Waals surface area contributed by atoms with Crippen LogP contribution in [0, 0.1) is 6.92 Å². The SMILES string of the molecule is CC(=O)N1c2ccccc2CCc2ccc(NC(=O)c3cccc(C)c3)cc21. The van der Waals surface area contributed by atoms with Crippen LogP contribution in [0.4, 0.5) is 17.1 Å². The predicted molar refractivity (Wildman–Crippen MR) is 112 cm³/mol. The molecule has 0 radical (unpaired) electrons. The molecule has 28 heavy (non-hydrogen) atoms. The van der Waals surface area contributed by atoms with E-state index in [4.69, 9.17) is 0 Å². The van der Waals surface area contributed by atoms with Crippen molar-refractivity contribution in [1.29, 1.82) is 0 Å². The summed E-state index contributed by atoms with van der Waals surface area (Å²) in [6, 6.07) is 21.3. The largest absolute Gasteiger partial charge is 0.322 e. The normalized spacial score (nSPS) is 12.6. The van der Waals surface area contributed by atoms with Gasteiger partial charge >= 0.3 is 0 Å². The fourth-order valence-corrected chi connectivity index (χ4v) is 3.73. The number of carbonyl (C=O) groups excluding carboxylic acids is 2. The smallest absolute Gasteiger partial charge is 0.255 e. The van der Waals surface area contributed by atoms with Crippen molar-refractivity contribution in [2.45, 2.75) is 26.7 Å². The zero-order chi connectivity index (χ0) is 19.7. The van der Waals surface area contributed by atoms with Gasteiger partial charge in [-0.1, -0.05) is 42.0 Å². The second-order valence-corrected chi connectivity index (χ2v) is 7.15. The fourth-order valence-electron chi connectivity index (χ4n) is 3.73. The summed E-state index contributed by atoms with van der Waals surface area (Å²) < 4.78 is 0. The molecule has 3 aromatic rings. The van der Waals surface area contributed by atoms with Gasteiger partial charge in [-0.3, -0.25) is 14.5 Å². The summed E-state index contributed by atoms with van der Waals surface area (Å²) in [7, 11) is 0. The maximum atomic E-state index is 12.6. The van der Waals surface area contributed by atoms with Gasteiger partial charge in [0.05, 0.1) is 11.4 Å². The molecule has 1 aliphatic rings. The number of nitrogens with zero attached hydrogens (tertiary/aromatic N) is 1. The average Bonchev–Trinajstić information content (AvgIpc) is 2.84. The second kappa shape index (κ2) is 7.31. The van der Waals surface area contributed by atoms with E-state index in [1.54, 1.807) is 17.9 Å². The third kappa shape index (κ3) is 3.41. The lowest BCUT2D eigenvalue weighted by molar-refractivity contribution is -0.115. The number of nitrogens with one attached hydrogen (secondary N) is 1. The van der Waals surface area contributed by atoms with Gasteiger partial charge in [-0.25, -0.2) is 0 Å². The number of amides is 2. The van der Waals surface area contributed by atoms with E-state index in [9.17, 15) is 9.59 Å². The van der Waals surface area contributed by atoms with Crippen molar-refractivity contribution in [2.75, 3.05) is 10.2 Å². The number of para-hydroxylation sites is 1.